The van der Waals surface area contributed by atoms with E-state index in [-0.39, 0.29) is 18.9 Å². The van der Waals surface area contributed by atoms with Gasteiger partial charge in [-0.1, -0.05) is 6.08 Å². The number of fused-ring (bicyclic) bond motifs is 1. The van der Waals surface area contributed by atoms with E-state index in [2.05, 4.69) is 14.9 Å². The SMILES string of the molecule is COC(=O)C(C)=CCN1CCn2c(nnc2C(F)(F)F)C1. The van der Waals surface area contributed by atoms with E-state index in [9.17, 15) is 18.0 Å². The first-order valence-electron chi connectivity index (χ1n) is 6.29. The fourth-order valence-electron chi connectivity index (χ4n) is 2.08. The highest BCUT2D eigenvalue weighted by Crippen LogP contribution is 2.29. The number of hydrogen-bond donors (Lipinski definition) is 0. The Labute approximate surface area is 119 Å². The maximum Gasteiger partial charge on any atom is 0.451 e. The van der Waals surface area contributed by atoms with Crippen molar-refractivity contribution < 1.29 is 22.7 Å². The summed E-state index contributed by atoms with van der Waals surface area (Å²) in [4.78, 5) is 13.1. The quantitative estimate of drug-likeness (QED) is 0.621. The summed E-state index contributed by atoms with van der Waals surface area (Å²) in [5.41, 5.74) is 0.459. The molecule has 0 aliphatic carbocycles. The van der Waals surface area contributed by atoms with Crippen LogP contribution in [0.2, 0.25) is 0 Å². The molecule has 1 aliphatic heterocycles. The standard InChI is InChI=1S/C12H15F3N4O2/c1-8(10(20)21-2)3-4-18-5-6-19-9(7-18)16-17-11(19)12(13,14)15/h3H,4-7H2,1-2H3. The predicted molar refractivity (Wildman–Crippen MR) is 66.1 cm³/mol. The Morgan fingerprint density at radius 1 is 1.38 bits per heavy atom. The summed E-state index contributed by atoms with van der Waals surface area (Å²) in [6.45, 7) is 2.92. The third kappa shape index (κ3) is 3.41. The molecule has 0 aromatic carbocycles. The van der Waals surface area contributed by atoms with Crippen molar-refractivity contribution in [3.05, 3.63) is 23.3 Å². The Morgan fingerprint density at radius 3 is 2.71 bits per heavy atom. The second kappa shape index (κ2) is 5.84. The number of carbonyl (C=O) groups is 1. The van der Waals surface area contributed by atoms with Crippen molar-refractivity contribution in [3.8, 4) is 0 Å². The van der Waals surface area contributed by atoms with Gasteiger partial charge in [0.05, 0.1) is 13.7 Å². The zero-order valence-corrected chi connectivity index (χ0v) is 11.6. The van der Waals surface area contributed by atoms with E-state index < -0.39 is 18.0 Å². The van der Waals surface area contributed by atoms with Gasteiger partial charge in [-0.05, 0) is 6.92 Å². The Balaban J connectivity index is 2.04. The second-order valence-electron chi connectivity index (χ2n) is 4.70. The Kier molecular flexibility index (Phi) is 4.31. The monoisotopic (exact) mass is 304 g/mol. The summed E-state index contributed by atoms with van der Waals surface area (Å²) >= 11 is 0. The fraction of sp³-hybridized carbons (Fsp3) is 0.583. The van der Waals surface area contributed by atoms with Gasteiger partial charge in [-0.25, -0.2) is 4.79 Å². The van der Waals surface area contributed by atoms with Gasteiger partial charge in [-0.15, -0.1) is 10.2 Å². The van der Waals surface area contributed by atoms with E-state index in [0.29, 0.717) is 18.7 Å². The van der Waals surface area contributed by atoms with Crippen molar-refractivity contribution in [2.45, 2.75) is 26.2 Å². The molecule has 1 aromatic rings. The van der Waals surface area contributed by atoms with Crippen LogP contribution in [0.25, 0.3) is 0 Å². The molecule has 0 saturated carbocycles. The molecule has 1 aliphatic rings. The molecule has 1 aromatic heterocycles. The number of ether oxygens (including phenoxy) is 1. The van der Waals surface area contributed by atoms with E-state index in [0.717, 1.165) is 4.57 Å². The van der Waals surface area contributed by atoms with Crippen molar-refractivity contribution in [2.24, 2.45) is 0 Å². The number of esters is 1. The first-order valence-corrected chi connectivity index (χ1v) is 6.29. The number of hydrogen-bond acceptors (Lipinski definition) is 5. The molecule has 0 spiro atoms. The molecule has 2 heterocycles. The zero-order valence-electron chi connectivity index (χ0n) is 11.6. The third-order valence-electron chi connectivity index (χ3n) is 3.25. The number of alkyl halides is 3. The highest BCUT2D eigenvalue weighted by atomic mass is 19.4. The van der Waals surface area contributed by atoms with E-state index in [4.69, 9.17) is 0 Å². The van der Waals surface area contributed by atoms with E-state index in [1.54, 1.807) is 13.0 Å². The van der Waals surface area contributed by atoms with Crippen LogP contribution >= 0.6 is 0 Å². The summed E-state index contributed by atoms with van der Waals surface area (Å²) in [7, 11) is 1.29. The van der Waals surface area contributed by atoms with E-state index >= 15 is 0 Å². The number of nitrogens with zero attached hydrogens (tertiary/aromatic N) is 4. The van der Waals surface area contributed by atoms with Gasteiger partial charge < -0.3 is 9.30 Å². The fourth-order valence-corrected chi connectivity index (χ4v) is 2.08. The van der Waals surface area contributed by atoms with Crippen LogP contribution in [0.3, 0.4) is 0 Å². The summed E-state index contributed by atoms with van der Waals surface area (Å²) < 4.78 is 43.7. The van der Waals surface area contributed by atoms with Crippen molar-refractivity contribution in [3.63, 3.8) is 0 Å². The molecule has 116 valence electrons. The molecule has 0 saturated heterocycles. The lowest BCUT2D eigenvalue weighted by atomic mass is 10.2. The Bertz CT molecular complexity index is 565. The maximum absolute atomic E-state index is 12.7. The summed E-state index contributed by atoms with van der Waals surface area (Å²) in [5, 5.41) is 6.80. The lowest BCUT2D eigenvalue weighted by Crippen LogP contribution is -2.35. The number of aromatic nitrogens is 3. The molecule has 2 rings (SSSR count). The van der Waals surface area contributed by atoms with Gasteiger partial charge >= 0.3 is 12.1 Å². The van der Waals surface area contributed by atoms with Gasteiger partial charge in [-0.2, -0.15) is 13.2 Å². The van der Waals surface area contributed by atoms with E-state index in [1.807, 2.05) is 4.90 Å². The average Bonchev–Trinajstić information content (AvgIpc) is 2.86. The summed E-state index contributed by atoms with van der Waals surface area (Å²) in [6, 6.07) is 0. The zero-order chi connectivity index (χ0) is 15.6. The Morgan fingerprint density at radius 2 is 2.10 bits per heavy atom. The molecule has 6 nitrogen and oxygen atoms in total. The normalized spacial score (nSPS) is 16.7. The highest BCUT2D eigenvalue weighted by Gasteiger charge is 2.39. The van der Waals surface area contributed by atoms with Crippen LogP contribution in [-0.2, 0) is 28.8 Å². The molecular formula is C12H15F3N4O2. The molecule has 0 atom stereocenters. The smallest absolute Gasteiger partial charge is 0.451 e. The van der Waals surface area contributed by atoms with Gasteiger partial charge in [0.1, 0.15) is 5.82 Å². The largest absolute Gasteiger partial charge is 0.466 e. The number of methoxy groups -OCH3 is 1. The van der Waals surface area contributed by atoms with Gasteiger partial charge in [0.2, 0.25) is 5.82 Å². The van der Waals surface area contributed by atoms with Crippen LogP contribution in [0.4, 0.5) is 13.2 Å². The first-order chi connectivity index (χ1) is 9.82. The third-order valence-corrected chi connectivity index (χ3v) is 3.25. The minimum Gasteiger partial charge on any atom is -0.466 e. The van der Waals surface area contributed by atoms with Gasteiger partial charge in [0.25, 0.3) is 0 Å². The minimum atomic E-state index is -4.49. The predicted octanol–water partition coefficient (Wildman–Crippen LogP) is 1.23. The topological polar surface area (TPSA) is 60.2 Å². The van der Waals surface area contributed by atoms with Crippen LogP contribution in [0.15, 0.2) is 11.6 Å². The molecule has 9 heteroatoms. The summed E-state index contributed by atoms with van der Waals surface area (Å²) in [6.07, 6.45) is -2.81. The van der Waals surface area contributed by atoms with Crippen LogP contribution < -0.4 is 0 Å². The molecular weight excluding hydrogens is 289 g/mol. The lowest BCUT2D eigenvalue weighted by Gasteiger charge is -2.26. The second-order valence-corrected chi connectivity index (χ2v) is 4.70. The van der Waals surface area contributed by atoms with Gasteiger partial charge in [-0.3, -0.25) is 4.90 Å². The maximum atomic E-state index is 12.7. The number of carbonyl (C=O) groups excluding carboxylic acids is 1. The highest BCUT2D eigenvalue weighted by molar-refractivity contribution is 5.87. The van der Waals surface area contributed by atoms with Crippen molar-refractivity contribution in [2.75, 3.05) is 20.2 Å². The van der Waals surface area contributed by atoms with Crippen molar-refractivity contribution in [1.82, 2.24) is 19.7 Å². The number of halogens is 3. The molecule has 0 amide bonds. The van der Waals surface area contributed by atoms with Crippen LogP contribution in [-0.4, -0.2) is 45.8 Å². The Hall–Kier alpha value is -1.90. The molecule has 0 fully saturated rings. The van der Waals surface area contributed by atoms with Crippen LogP contribution in [0.5, 0.6) is 0 Å². The average molecular weight is 304 g/mol. The van der Waals surface area contributed by atoms with Gasteiger partial charge in [0, 0.05) is 25.2 Å². The molecule has 0 bridgehead atoms. The molecule has 0 radical (unpaired) electrons. The van der Waals surface area contributed by atoms with Crippen molar-refractivity contribution >= 4 is 5.97 Å². The first kappa shape index (κ1) is 15.5. The van der Waals surface area contributed by atoms with E-state index in [1.165, 1.54) is 7.11 Å². The van der Waals surface area contributed by atoms with Crippen LogP contribution in [0.1, 0.15) is 18.6 Å². The van der Waals surface area contributed by atoms with Crippen LogP contribution in [0, 0.1) is 0 Å². The lowest BCUT2D eigenvalue weighted by molar-refractivity contribution is -0.148. The van der Waals surface area contributed by atoms with Crippen molar-refractivity contribution in [1.29, 1.82) is 0 Å². The molecule has 21 heavy (non-hydrogen) atoms. The summed E-state index contributed by atoms with van der Waals surface area (Å²) in [5.74, 6) is -1.11. The van der Waals surface area contributed by atoms with Gasteiger partial charge in [0.15, 0.2) is 0 Å². The molecule has 0 unspecified atom stereocenters. The molecule has 0 N–H and O–H groups in total. The minimum absolute atomic E-state index is 0.169. The number of rotatable bonds is 3.